The maximum Gasteiger partial charge on any atom is 0.455 e. The molecule has 0 saturated carbocycles. The summed E-state index contributed by atoms with van der Waals surface area (Å²) in [6.07, 6.45) is -6.87. The Morgan fingerprint density at radius 1 is 0.915 bits per heavy atom. The molecule has 0 aliphatic rings. The van der Waals surface area contributed by atoms with Crippen molar-refractivity contribution in [3.8, 4) is 28.2 Å². The molecule has 0 fully saturated rings. The number of carbonyl (C=O) groups is 2. The monoisotopic (exact) mass is 675 g/mol. The van der Waals surface area contributed by atoms with Crippen LogP contribution in [0.15, 0.2) is 52.9 Å². The van der Waals surface area contributed by atoms with E-state index >= 15 is 0 Å². The molecule has 0 bridgehead atoms. The molecule has 0 unspecified atom stereocenters. The quantitative estimate of drug-likeness (QED) is 0.111. The lowest BCUT2D eigenvalue weighted by Crippen LogP contribution is -2.42. The molecular weight excluding hydrogens is 649 g/mol. The first-order valence-corrected chi connectivity index (χ1v) is 13.7. The summed E-state index contributed by atoms with van der Waals surface area (Å²) in [6.45, 7) is -6.50. The maximum absolute atomic E-state index is 14.0. The lowest BCUT2D eigenvalue weighted by Gasteiger charge is -2.24. The number of halogens is 9. The van der Waals surface area contributed by atoms with Crippen molar-refractivity contribution in [1.82, 2.24) is 10.3 Å². The molecule has 2 aromatic carbocycles. The number of carbonyl (C=O) groups excluding carboxylic acids is 2. The minimum absolute atomic E-state index is 0.0539. The fourth-order valence-electron chi connectivity index (χ4n) is 4.61. The summed E-state index contributed by atoms with van der Waals surface area (Å²) in [6, 6.07) is 9.45. The van der Waals surface area contributed by atoms with Crippen LogP contribution in [0.1, 0.15) is 27.1 Å². The van der Waals surface area contributed by atoms with Crippen LogP contribution in [0.2, 0.25) is 0 Å². The molecule has 1 amide bonds. The number of fused-ring (bicyclic) bond motifs is 1. The van der Waals surface area contributed by atoms with Crippen LogP contribution in [0.25, 0.3) is 33.6 Å². The molecular formula is C31H26F9N3O4. The van der Waals surface area contributed by atoms with E-state index in [1.54, 1.807) is 0 Å². The molecule has 0 atom stereocenters. The number of nitrogens with one attached hydrogen (secondary N) is 2. The number of ether oxygens (including phenoxy) is 1. The second-order valence-electron chi connectivity index (χ2n) is 10.6. The number of rotatable bonds is 13. The first-order chi connectivity index (χ1) is 22.1. The van der Waals surface area contributed by atoms with Crippen LogP contribution in [-0.2, 0) is 0 Å². The minimum Gasteiger partial charge on any atom is -0.496 e. The molecule has 252 valence electrons. The van der Waals surface area contributed by atoms with Crippen LogP contribution in [0.5, 0.6) is 5.75 Å². The van der Waals surface area contributed by atoms with Crippen LogP contribution in [0.4, 0.5) is 45.3 Å². The summed E-state index contributed by atoms with van der Waals surface area (Å²) in [4.78, 5) is 30.3. The number of alkyl halides is 8. The van der Waals surface area contributed by atoms with E-state index in [-0.39, 0.29) is 50.4 Å². The van der Waals surface area contributed by atoms with Gasteiger partial charge in [0.25, 0.3) is 5.91 Å². The Kier molecular flexibility index (Phi) is 10.1. The van der Waals surface area contributed by atoms with Gasteiger partial charge in [0.1, 0.15) is 43.2 Å². The van der Waals surface area contributed by atoms with Crippen molar-refractivity contribution in [3.63, 3.8) is 0 Å². The van der Waals surface area contributed by atoms with Gasteiger partial charge >= 0.3 is 12.1 Å². The first kappa shape index (κ1) is 35.1. The molecule has 0 radical (unpaired) electrons. The smallest absolute Gasteiger partial charge is 0.455 e. The van der Waals surface area contributed by atoms with Gasteiger partial charge in [-0.25, -0.2) is 4.39 Å². The Morgan fingerprint density at radius 3 is 2.09 bits per heavy atom. The largest absolute Gasteiger partial charge is 0.496 e. The van der Waals surface area contributed by atoms with E-state index in [2.05, 4.69) is 10.3 Å². The Morgan fingerprint density at radius 2 is 1.53 bits per heavy atom. The van der Waals surface area contributed by atoms with Crippen LogP contribution >= 0.6 is 0 Å². The third kappa shape index (κ3) is 7.00. The maximum atomic E-state index is 14.0. The predicted molar refractivity (Wildman–Crippen MR) is 154 cm³/mol. The van der Waals surface area contributed by atoms with Crippen LogP contribution in [0.3, 0.4) is 0 Å². The van der Waals surface area contributed by atoms with Gasteiger partial charge in [-0.15, -0.1) is 0 Å². The van der Waals surface area contributed by atoms with E-state index < -0.39 is 73.8 Å². The molecule has 16 heteroatoms. The number of hydrogen-bond donors (Lipinski definition) is 2. The fraction of sp³-hybridized carbons (Fsp3) is 0.323. The average molecular weight is 676 g/mol. The van der Waals surface area contributed by atoms with Crippen LogP contribution in [0, 0.1) is 11.2 Å². The van der Waals surface area contributed by atoms with E-state index in [4.69, 9.17) is 9.15 Å². The van der Waals surface area contributed by atoms with Crippen molar-refractivity contribution < 1.29 is 58.3 Å². The van der Waals surface area contributed by atoms with E-state index in [0.29, 0.717) is 0 Å². The Bertz CT molecular complexity index is 1760. The van der Waals surface area contributed by atoms with E-state index in [1.165, 1.54) is 37.4 Å². The predicted octanol–water partition coefficient (Wildman–Crippen LogP) is 7.75. The highest BCUT2D eigenvalue weighted by molar-refractivity contribution is 6.12. The molecule has 4 rings (SSSR count). The van der Waals surface area contributed by atoms with Crippen molar-refractivity contribution in [1.29, 1.82) is 0 Å². The number of benzene rings is 2. The zero-order chi connectivity index (χ0) is 34.7. The summed E-state index contributed by atoms with van der Waals surface area (Å²) in [5, 5.41) is 4.30. The third-order valence-electron chi connectivity index (χ3n) is 7.33. The van der Waals surface area contributed by atoms with Gasteiger partial charge in [-0.1, -0.05) is 6.07 Å². The lowest BCUT2D eigenvalue weighted by molar-refractivity contribution is -0.275. The highest BCUT2D eigenvalue weighted by atomic mass is 19.4. The lowest BCUT2D eigenvalue weighted by atomic mass is 9.84. The molecule has 2 heterocycles. The Balaban J connectivity index is 1.97. The molecule has 0 saturated heterocycles. The zero-order valence-corrected chi connectivity index (χ0v) is 24.6. The highest BCUT2D eigenvalue weighted by Crippen LogP contribution is 2.41. The summed E-state index contributed by atoms with van der Waals surface area (Å²) >= 11 is 0. The van der Waals surface area contributed by atoms with Crippen LogP contribution in [-0.4, -0.2) is 69.5 Å². The van der Waals surface area contributed by atoms with Crippen molar-refractivity contribution in [3.05, 3.63) is 65.5 Å². The van der Waals surface area contributed by atoms with Gasteiger partial charge in [0.2, 0.25) is 5.71 Å². The summed E-state index contributed by atoms with van der Waals surface area (Å²) in [7, 11) is 2.45. The molecule has 0 aliphatic carbocycles. The highest BCUT2D eigenvalue weighted by Gasteiger charge is 2.57. The number of anilines is 1. The minimum atomic E-state index is -5.94. The van der Waals surface area contributed by atoms with Gasteiger partial charge in [0.15, 0.2) is 5.78 Å². The number of hydrogen-bond acceptors (Lipinski definition) is 6. The third-order valence-corrected chi connectivity index (χ3v) is 7.33. The van der Waals surface area contributed by atoms with E-state index in [9.17, 15) is 49.1 Å². The Hall–Kier alpha value is -4.76. The molecule has 0 aliphatic heterocycles. The number of furan rings is 1. The van der Waals surface area contributed by atoms with Crippen molar-refractivity contribution in [2.45, 2.75) is 18.5 Å². The number of nitrogens with zero attached hydrogens (tertiary/aromatic N) is 1. The zero-order valence-electron chi connectivity index (χ0n) is 24.6. The van der Waals surface area contributed by atoms with Crippen molar-refractivity contribution in [2.75, 3.05) is 46.0 Å². The van der Waals surface area contributed by atoms with E-state index in [0.717, 1.165) is 25.3 Å². The van der Waals surface area contributed by atoms with Crippen molar-refractivity contribution >= 4 is 28.6 Å². The normalized spacial score (nSPS) is 12.3. The van der Waals surface area contributed by atoms with E-state index in [1.807, 2.05) is 5.32 Å². The average Bonchev–Trinajstić information content (AvgIpc) is 3.43. The van der Waals surface area contributed by atoms with Gasteiger partial charge in [-0.2, -0.15) is 26.9 Å². The summed E-state index contributed by atoms with van der Waals surface area (Å²) < 4.78 is 132. The van der Waals surface area contributed by atoms with Gasteiger partial charge in [0.05, 0.1) is 35.6 Å². The number of pyridine rings is 1. The van der Waals surface area contributed by atoms with Gasteiger partial charge in [-0.3, -0.25) is 22.8 Å². The molecule has 47 heavy (non-hydrogen) atoms. The second kappa shape index (κ2) is 13.5. The topological polar surface area (TPSA) is 93.5 Å². The molecule has 2 N–H and O–H groups in total. The molecule has 0 spiro atoms. The Labute approximate surface area is 261 Å². The fourth-order valence-corrected chi connectivity index (χ4v) is 4.61. The number of methoxy groups -OCH3 is 1. The number of Topliss-reactive ketones (excluding diaryl/α,β-unsaturated/α-hetero) is 1. The number of amides is 1. The van der Waals surface area contributed by atoms with Gasteiger partial charge in [-0.05, 0) is 48.0 Å². The molecule has 7 nitrogen and oxygen atoms in total. The van der Waals surface area contributed by atoms with Crippen LogP contribution < -0.4 is 15.4 Å². The number of aromatic nitrogens is 1. The number of ketones is 1. The second-order valence-corrected chi connectivity index (χ2v) is 10.6. The van der Waals surface area contributed by atoms with Crippen molar-refractivity contribution in [2.24, 2.45) is 5.41 Å². The molecule has 4 aromatic rings. The summed E-state index contributed by atoms with van der Waals surface area (Å²) in [5.41, 5.74) is -3.20. The first-order valence-electron chi connectivity index (χ1n) is 13.7. The SMILES string of the molecule is CNC(=O)c1c(-c2ccc(F)cc2)oc2nc(NCC(F)(F)C(F)(F)F)c(-c3ccc(OC)c(C(=O)CC(CF)(CF)CF)c3)cc12. The standard InChI is InChI=1S/C31H26F9N3O4/c1-41-27(45)24-21-10-19(17-5-8-23(46-2)20(9-17)22(44)11-29(12-32,13-33)14-34)26(42-15-30(36,37)31(38,39)40)43-28(21)47-25(24)16-3-6-18(35)7-4-16/h3-10H,11-15H2,1-2H3,(H,41,45)(H,42,43). The van der Waals surface area contributed by atoms with Gasteiger partial charge < -0.3 is 19.8 Å². The summed E-state index contributed by atoms with van der Waals surface area (Å²) in [5.74, 6) is -8.39. The molecule has 2 aromatic heterocycles. The van der Waals surface area contributed by atoms with Gasteiger partial charge in [0, 0.05) is 24.6 Å².